The van der Waals surface area contributed by atoms with Crippen molar-refractivity contribution in [3.05, 3.63) is 9.81 Å². The second-order valence-electron chi connectivity index (χ2n) is 8.69. The lowest BCUT2D eigenvalue weighted by atomic mass is 10.1. The van der Waals surface area contributed by atoms with Gasteiger partial charge in [-0.05, 0) is 38.5 Å². The molecule has 184 valence electrons. The number of carbonyl (C=O) groups is 4. The van der Waals surface area contributed by atoms with Gasteiger partial charge in [0.05, 0.1) is 9.81 Å². The van der Waals surface area contributed by atoms with Gasteiger partial charge in [0.2, 0.25) is 11.8 Å². The largest absolute Gasteiger partial charge is 0.343 e. The molecule has 4 aliphatic rings. The molecular formula is C22H28N4O4S4. The Morgan fingerprint density at radius 1 is 0.647 bits per heavy atom. The van der Waals surface area contributed by atoms with E-state index in [0.717, 1.165) is 88.2 Å². The number of hydrogen-bond donors (Lipinski definition) is 0. The number of thioether (sulfide) groups is 2. The molecule has 4 saturated heterocycles. The maximum absolute atomic E-state index is 13.1. The summed E-state index contributed by atoms with van der Waals surface area (Å²) < 4.78 is 0.689. The summed E-state index contributed by atoms with van der Waals surface area (Å²) >= 11 is 12.9. The molecule has 0 saturated carbocycles. The highest BCUT2D eigenvalue weighted by Gasteiger charge is 2.42. The highest BCUT2D eigenvalue weighted by Crippen LogP contribution is 2.42. The highest BCUT2D eigenvalue weighted by atomic mass is 32.2. The summed E-state index contributed by atoms with van der Waals surface area (Å²) in [5.41, 5.74) is 0. The number of carbonyl (C=O) groups excluding carboxylic acids is 4. The fourth-order valence-electron chi connectivity index (χ4n) is 4.47. The quantitative estimate of drug-likeness (QED) is 0.376. The van der Waals surface area contributed by atoms with Gasteiger partial charge in [0.1, 0.15) is 8.64 Å². The van der Waals surface area contributed by atoms with Crippen LogP contribution in [0.4, 0.5) is 0 Å². The van der Waals surface area contributed by atoms with Crippen LogP contribution in [0.5, 0.6) is 0 Å². The first-order valence-corrected chi connectivity index (χ1v) is 14.2. The molecule has 4 amide bonds. The number of piperidine rings is 2. The van der Waals surface area contributed by atoms with Crippen LogP contribution in [0.25, 0.3) is 0 Å². The summed E-state index contributed by atoms with van der Waals surface area (Å²) in [6.45, 7) is 3.46. The van der Waals surface area contributed by atoms with E-state index in [-0.39, 0.29) is 59.4 Å². The lowest BCUT2D eigenvalue weighted by molar-refractivity contribution is -0.134. The van der Waals surface area contributed by atoms with Gasteiger partial charge in [0.15, 0.2) is 0 Å². The van der Waals surface area contributed by atoms with Crippen LogP contribution >= 0.6 is 48.0 Å². The molecule has 0 bridgehead atoms. The Hall–Kier alpha value is -1.50. The molecule has 0 aliphatic carbocycles. The first-order valence-electron chi connectivity index (χ1n) is 11.7. The van der Waals surface area contributed by atoms with Crippen LogP contribution < -0.4 is 0 Å². The third kappa shape index (κ3) is 5.66. The SMILES string of the molecule is O=C(CCN1C(=O)C(=C2SC(=S)N(CCC(=O)N3CCCCC3)C2=O)SC1=S)N1CCCCC1. The number of nitrogens with zero attached hydrogens (tertiary/aromatic N) is 4. The van der Waals surface area contributed by atoms with Crippen molar-refractivity contribution in [2.24, 2.45) is 0 Å². The molecule has 4 rings (SSSR count). The Morgan fingerprint density at radius 3 is 1.35 bits per heavy atom. The Kier molecular flexibility index (Phi) is 8.65. The van der Waals surface area contributed by atoms with Gasteiger partial charge in [0.25, 0.3) is 11.8 Å². The van der Waals surface area contributed by atoms with Gasteiger partial charge in [-0.3, -0.25) is 29.0 Å². The van der Waals surface area contributed by atoms with Crippen molar-refractivity contribution in [2.75, 3.05) is 39.3 Å². The number of thiocarbonyl (C=S) groups is 2. The zero-order valence-electron chi connectivity index (χ0n) is 19.0. The summed E-state index contributed by atoms with van der Waals surface area (Å²) in [6.07, 6.45) is 6.75. The standard InChI is InChI=1S/C22H28N4O4S4/c27-15(23-9-3-1-4-10-23)7-13-25-19(29)17(33-21(25)31)18-20(30)26(22(32)34-18)14-8-16(28)24-11-5-2-6-12-24/h1-14H2. The van der Waals surface area contributed by atoms with Gasteiger partial charge in [-0.25, -0.2) is 0 Å². The molecule has 0 radical (unpaired) electrons. The van der Waals surface area contributed by atoms with E-state index in [4.69, 9.17) is 24.4 Å². The van der Waals surface area contributed by atoms with Gasteiger partial charge in [-0.1, -0.05) is 48.0 Å². The maximum atomic E-state index is 13.1. The van der Waals surface area contributed by atoms with Gasteiger partial charge in [-0.15, -0.1) is 0 Å². The van der Waals surface area contributed by atoms with E-state index in [2.05, 4.69) is 0 Å². The van der Waals surface area contributed by atoms with E-state index in [1.54, 1.807) is 0 Å². The predicted molar refractivity (Wildman–Crippen MR) is 141 cm³/mol. The third-order valence-corrected chi connectivity index (χ3v) is 9.45. The summed E-state index contributed by atoms with van der Waals surface area (Å²) in [6, 6.07) is 0. The molecule has 4 aliphatic heterocycles. The maximum Gasteiger partial charge on any atom is 0.267 e. The summed E-state index contributed by atoms with van der Waals surface area (Å²) in [7, 11) is 0. The molecule has 0 unspecified atom stereocenters. The monoisotopic (exact) mass is 540 g/mol. The first kappa shape index (κ1) is 25.6. The van der Waals surface area contributed by atoms with Crippen molar-refractivity contribution in [1.82, 2.24) is 19.6 Å². The molecule has 0 atom stereocenters. The number of hydrogen-bond acceptors (Lipinski definition) is 8. The van der Waals surface area contributed by atoms with E-state index < -0.39 is 0 Å². The first-order chi connectivity index (χ1) is 16.4. The van der Waals surface area contributed by atoms with Crippen molar-refractivity contribution in [3.8, 4) is 0 Å². The van der Waals surface area contributed by atoms with Crippen molar-refractivity contribution < 1.29 is 19.2 Å². The van der Waals surface area contributed by atoms with E-state index in [1.807, 2.05) is 9.80 Å². The van der Waals surface area contributed by atoms with Gasteiger partial charge < -0.3 is 9.80 Å². The van der Waals surface area contributed by atoms with Crippen LogP contribution in [0.1, 0.15) is 51.4 Å². The van der Waals surface area contributed by atoms with E-state index >= 15 is 0 Å². The average molecular weight is 541 g/mol. The summed E-state index contributed by atoms with van der Waals surface area (Å²) in [4.78, 5) is 58.2. The predicted octanol–water partition coefficient (Wildman–Crippen LogP) is 2.72. The lowest BCUT2D eigenvalue weighted by Gasteiger charge is -2.27. The minimum atomic E-state index is -0.355. The molecule has 0 spiro atoms. The van der Waals surface area contributed by atoms with Crippen LogP contribution in [0.3, 0.4) is 0 Å². The zero-order chi connectivity index (χ0) is 24.2. The van der Waals surface area contributed by atoms with Crippen molar-refractivity contribution in [1.29, 1.82) is 0 Å². The van der Waals surface area contributed by atoms with Gasteiger partial charge >= 0.3 is 0 Å². The molecule has 4 fully saturated rings. The van der Waals surface area contributed by atoms with Crippen molar-refractivity contribution in [2.45, 2.75) is 51.4 Å². The Bertz CT molecular complexity index is 867. The smallest absolute Gasteiger partial charge is 0.267 e. The van der Waals surface area contributed by atoms with Crippen LogP contribution in [0, 0.1) is 0 Å². The molecular weight excluding hydrogens is 513 g/mol. The third-order valence-electron chi connectivity index (χ3n) is 6.42. The lowest BCUT2D eigenvalue weighted by Crippen LogP contribution is -2.39. The average Bonchev–Trinajstić information content (AvgIpc) is 3.30. The zero-order valence-corrected chi connectivity index (χ0v) is 22.2. The van der Waals surface area contributed by atoms with Crippen LogP contribution in [-0.4, -0.2) is 91.1 Å². The molecule has 12 heteroatoms. The Balaban J connectivity index is 1.36. The normalized spacial score (nSPS) is 24.0. The summed E-state index contributed by atoms with van der Waals surface area (Å²) in [5.74, 6) is -0.658. The number of amides is 4. The van der Waals surface area contributed by atoms with Crippen LogP contribution in [0.2, 0.25) is 0 Å². The molecule has 0 aromatic rings. The van der Waals surface area contributed by atoms with Gasteiger partial charge in [-0.2, -0.15) is 0 Å². The minimum absolute atomic E-state index is 0.0263. The fourth-order valence-corrected chi connectivity index (χ4v) is 7.24. The second kappa shape index (κ2) is 11.5. The molecule has 8 nitrogen and oxygen atoms in total. The number of likely N-dealkylation sites (tertiary alicyclic amines) is 2. The Morgan fingerprint density at radius 2 is 1.00 bits per heavy atom. The van der Waals surface area contributed by atoms with E-state index in [9.17, 15) is 19.2 Å². The molecule has 34 heavy (non-hydrogen) atoms. The topological polar surface area (TPSA) is 81.2 Å². The highest BCUT2D eigenvalue weighted by molar-refractivity contribution is 8.29. The van der Waals surface area contributed by atoms with E-state index in [1.165, 1.54) is 9.80 Å². The Labute approximate surface area is 218 Å². The molecule has 0 aromatic heterocycles. The van der Waals surface area contributed by atoms with E-state index in [0.29, 0.717) is 8.64 Å². The molecule has 4 heterocycles. The van der Waals surface area contributed by atoms with Gasteiger partial charge in [0, 0.05) is 52.1 Å². The number of rotatable bonds is 6. The van der Waals surface area contributed by atoms with Crippen LogP contribution in [-0.2, 0) is 19.2 Å². The fraction of sp³-hybridized carbons (Fsp3) is 0.636. The van der Waals surface area contributed by atoms with Crippen molar-refractivity contribution in [3.63, 3.8) is 0 Å². The minimum Gasteiger partial charge on any atom is -0.343 e. The van der Waals surface area contributed by atoms with Crippen LogP contribution in [0.15, 0.2) is 9.81 Å². The summed E-state index contributed by atoms with van der Waals surface area (Å²) in [5, 5.41) is 0. The molecule has 0 aromatic carbocycles. The molecule has 0 N–H and O–H groups in total. The van der Waals surface area contributed by atoms with Crippen molar-refractivity contribution >= 4 is 80.2 Å². The second-order valence-corrected chi connectivity index (χ2v) is 12.0.